The highest BCUT2D eigenvalue weighted by molar-refractivity contribution is 5.76. The van der Waals surface area contributed by atoms with Crippen LogP contribution in [0.5, 0.6) is 5.75 Å². The van der Waals surface area contributed by atoms with Gasteiger partial charge in [0.2, 0.25) is 0 Å². The summed E-state index contributed by atoms with van der Waals surface area (Å²) in [6.07, 6.45) is 5.77. The Morgan fingerprint density at radius 1 is 0.972 bits per heavy atom. The molecule has 6 nitrogen and oxygen atoms in total. The summed E-state index contributed by atoms with van der Waals surface area (Å²) < 4.78 is 20.4. The van der Waals surface area contributed by atoms with Crippen LogP contribution in [0.2, 0.25) is 0 Å². The highest BCUT2D eigenvalue weighted by Crippen LogP contribution is 2.46. The summed E-state index contributed by atoms with van der Waals surface area (Å²) in [4.78, 5) is 24.3. The van der Waals surface area contributed by atoms with Crippen LogP contribution in [0.4, 0.5) is 4.39 Å². The van der Waals surface area contributed by atoms with Crippen LogP contribution < -0.4 is 4.74 Å². The van der Waals surface area contributed by atoms with Crippen LogP contribution in [-0.4, -0.2) is 26.0 Å². The van der Waals surface area contributed by atoms with Gasteiger partial charge in [0.1, 0.15) is 18.2 Å². The third kappa shape index (κ3) is 4.82. The molecule has 7 heteroatoms. The maximum absolute atomic E-state index is 14.6. The fourth-order valence-corrected chi connectivity index (χ4v) is 4.58. The molecule has 0 bridgehead atoms. The van der Waals surface area contributed by atoms with Gasteiger partial charge in [-0.15, -0.1) is 0 Å². The standard InChI is InChI=1S/C29H26FN3O3/c1-16-12-32-28(33-13-16)20-8-17(2)27(18(3)9-20)19-4-6-25(30)21(10-19)15-36-22-5-7-26(31-14-22)23-11-24(23)29(34)35/h4-10,12-14,23-24H,11,15H2,1-3H3,(H,34,35)/t23-,24-/m0/s1. The number of nitrogens with zero attached hydrogens (tertiary/aromatic N) is 3. The van der Waals surface area contributed by atoms with Crippen LogP contribution in [0.25, 0.3) is 22.5 Å². The average Bonchev–Trinajstić information content (AvgIpc) is 3.66. The number of carboxylic acids is 1. The summed E-state index contributed by atoms with van der Waals surface area (Å²) >= 11 is 0. The molecule has 4 aromatic rings. The van der Waals surface area contributed by atoms with E-state index in [4.69, 9.17) is 9.84 Å². The second kappa shape index (κ2) is 9.49. The van der Waals surface area contributed by atoms with E-state index in [2.05, 4.69) is 27.1 Å². The molecule has 2 aromatic carbocycles. The van der Waals surface area contributed by atoms with Crippen LogP contribution in [-0.2, 0) is 11.4 Å². The van der Waals surface area contributed by atoms with E-state index in [0.717, 1.165) is 39.1 Å². The van der Waals surface area contributed by atoms with Gasteiger partial charge >= 0.3 is 5.97 Å². The molecule has 0 spiro atoms. The second-order valence-corrected chi connectivity index (χ2v) is 9.37. The van der Waals surface area contributed by atoms with E-state index in [1.807, 2.05) is 26.8 Å². The largest absolute Gasteiger partial charge is 0.487 e. The van der Waals surface area contributed by atoms with Crippen LogP contribution in [0.1, 0.15) is 40.3 Å². The van der Waals surface area contributed by atoms with E-state index in [9.17, 15) is 9.18 Å². The second-order valence-electron chi connectivity index (χ2n) is 9.37. The number of aliphatic carboxylic acids is 1. The molecule has 2 atom stereocenters. The van der Waals surface area contributed by atoms with Crippen molar-refractivity contribution in [3.05, 3.63) is 94.8 Å². The normalized spacial score (nSPS) is 16.6. The first-order valence-corrected chi connectivity index (χ1v) is 11.8. The summed E-state index contributed by atoms with van der Waals surface area (Å²) in [5, 5.41) is 9.10. The van der Waals surface area contributed by atoms with Gasteiger partial charge in [-0.05, 0) is 91.4 Å². The molecule has 1 fully saturated rings. The van der Waals surface area contributed by atoms with Crippen molar-refractivity contribution in [2.24, 2.45) is 5.92 Å². The van der Waals surface area contributed by atoms with Crippen molar-refractivity contribution in [1.29, 1.82) is 0 Å². The summed E-state index contributed by atoms with van der Waals surface area (Å²) in [6, 6.07) is 12.7. The minimum atomic E-state index is -0.791. The molecule has 2 heterocycles. The van der Waals surface area contributed by atoms with Gasteiger partial charge < -0.3 is 9.84 Å². The molecule has 182 valence electrons. The quantitative estimate of drug-likeness (QED) is 0.345. The van der Waals surface area contributed by atoms with Crippen molar-refractivity contribution in [3.63, 3.8) is 0 Å². The predicted molar refractivity (Wildman–Crippen MR) is 134 cm³/mol. The number of hydrogen-bond donors (Lipinski definition) is 1. The third-order valence-electron chi connectivity index (χ3n) is 6.55. The molecule has 36 heavy (non-hydrogen) atoms. The average molecular weight is 484 g/mol. The van der Waals surface area contributed by atoms with Crippen molar-refractivity contribution in [3.8, 4) is 28.3 Å². The van der Waals surface area contributed by atoms with E-state index < -0.39 is 5.97 Å². The maximum Gasteiger partial charge on any atom is 0.307 e. The molecule has 5 rings (SSSR count). The van der Waals surface area contributed by atoms with Gasteiger partial charge in [-0.25, -0.2) is 14.4 Å². The molecule has 0 amide bonds. The van der Waals surface area contributed by atoms with Gasteiger partial charge in [-0.1, -0.05) is 6.07 Å². The number of halogens is 1. The number of aryl methyl sites for hydroxylation is 3. The summed E-state index contributed by atoms with van der Waals surface area (Å²) in [7, 11) is 0. The smallest absolute Gasteiger partial charge is 0.307 e. The number of carbonyl (C=O) groups is 1. The number of carboxylic acid groups (broad SMARTS) is 1. The van der Waals surface area contributed by atoms with E-state index in [-0.39, 0.29) is 24.3 Å². The lowest BCUT2D eigenvalue weighted by atomic mass is 9.92. The first-order valence-electron chi connectivity index (χ1n) is 11.8. The molecule has 0 saturated heterocycles. The van der Waals surface area contributed by atoms with Crippen LogP contribution in [0.15, 0.2) is 61.1 Å². The molecule has 1 aliphatic carbocycles. The van der Waals surface area contributed by atoms with Gasteiger partial charge in [-0.3, -0.25) is 9.78 Å². The minimum absolute atomic E-state index is 0.0406. The maximum atomic E-state index is 14.6. The molecule has 1 saturated carbocycles. The van der Waals surface area contributed by atoms with Crippen molar-refractivity contribution in [2.75, 3.05) is 0 Å². The Kier molecular flexibility index (Phi) is 6.22. The van der Waals surface area contributed by atoms with Crippen LogP contribution in [0, 0.1) is 32.5 Å². The topological polar surface area (TPSA) is 85.2 Å². The van der Waals surface area contributed by atoms with E-state index >= 15 is 0 Å². The van der Waals surface area contributed by atoms with Gasteiger partial charge in [0.05, 0.1) is 12.1 Å². The highest BCUT2D eigenvalue weighted by Gasteiger charge is 2.45. The lowest BCUT2D eigenvalue weighted by molar-refractivity contribution is -0.138. The Balaban J connectivity index is 1.34. The van der Waals surface area contributed by atoms with Gasteiger partial charge in [0.15, 0.2) is 5.82 Å². The van der Waals surface area contributed by atoms with E-state index in [0.29, 0.717) is 23.6 Å². The fourth-order valence-electron chi connectivity index (χ4n) is 4.58. The molecule has 0 unspecified atom stereocenters. The zero-order valence-corrected chi connectivity index (χ0v) is 20.3. The Morgan fingerprint density at radius 3 is 2.31 bits per heavy atom. The summed E-state index contributed by atoms with van der Waals surface area (Å²) in [5.74, 6) is -0.350. The van der Waals surface area contributed by atoms with Crippen molar-refractivity contribution < 1.29 is 19.0 Å². The number of pyridine rings is 1. The lowest BCUT2D eigenvalue weighted by Gasteiger charge is -2.15. The number of hydrogen-bond acceptors (Lipinski definition) is 5. The molecular formula is C29H26FN3O3. The van der Waals surface area contributed by atoms with Gasteiger partial charge in [0, 0.05) is 35.1 Å². The Hall–Kier alpha value is -4.13. The van der Waals surface area contributed by atoms with Crippen molar-refractivity contribution >= 4 is 5.97 Å². The first-order chi connectivity index (χ1) is 17.3. The minimum Gasteiger partial charge on any atom is -0.487 e. The van der Waals surface area contributed by atoms with Crippen LogP contribution in [0.3, 0.4) is 0 Å². The first kappa shape index (κ1) is 23.6. The Labute approximate surface area is 208 Å². The molecule has 1 N–H and O–H groups in total. The summed E-state index contributed by atoms with van der Waals surface area (Å²) in [6.45, 7) is 6.06. The fraction of sp³-hybridized carbons (Fsp3) is 0.241. The number of ether oxygens (including phenoxy) is 1. The summed E-state index contributed by atoms with van der Waals surface area (Å²) in [5.41, 5.74) is 7.17. The lowest BCUT2D eigenvalue weighted by Crippen LogP contribution is -2.02. The highest BCUT2D eigenvalue weighted by atomic mass is 19.1. The van der Waals surface area contributed by atoms with E-state index in [1.165, 1.54) is 6.07 Å². The molecule has 2 aromatic heterocycles. The third-order valence-corrected chi connectivity index (χ3v) is 6.55. The van der Waals surface area contributed by atoms with Crippen LogP contribution >= 0.6 is 0 Å². The predicted octanol–water partition coefficient (Wildman–Crippen LogP) is 6.04. The molecule has 0 radical (unpaired) electrons. The number of benzene rings is 2. The number of rotatable bonds is 7. The zero-order chi connectivity index (χ0) is 25.4. The molecular weight excluding hydrogens is 457 g/mol. The Morgan fingerprint density at radius 2 is 1.69 bits per heavy atom. The van der Waals surface area contributed by atoms with Gasteiger partial charge in [-0.2, -0.15) is 0 Å². The SMILES string of the molecule is Cc1cnc(-c2cc(C)c(-c3ccc(F)c(COc4ccc([C@H]5C[C@@H]5C(=O)O)nc4)c3)c(C)c2)nc1. The van der Waals surface area contributed by atoms with Crippen molar-refractivity contribution in [1.82, 2.24) is 15.0 Å². The zero-order valence-electron chi connectivity index (χ0n) is 20.3. The molecule has 0 aliphatic heterocycles. The van der Waals surface area contributed by atoms with Gasteiger partial charge in [0.25, 0.3) is 0 Å². The van der Waals surface area contributed by atoms with Crippen molar-refractivity contribution in [2.45, 2.75) is 39.7 Å². The monoisotopic (exact) mass is 483 g/mol. The molecule has 1 aliphatic rings. The number of aromatic nitrogens is 3. The van der Waals surface area contributed by atoms with E-state index in [1.54, 1.807) is 36.8 Å². The Bertz CT molecular complexity index is 1410.